The largest absolute Gasteiger partial charge is 0.460 e. The van der Waals surface area contributed by atoms with Crippen molar-refractivity contribution in [1.29, 1.82) is 0 Å². The summed E-state index contributed by atoms with van der Waals surface area (Å²) in [6.45, 7) is 2.15. The fraction of sp³-hybridized carbons (Fsp3) is 0.769. The van der Waals surface area contributed by atoms with Crippen molar-refractivity contribution in [3.63, 3.8) is 0 Å². The number of aromatic amines is 1. The highest BCUT2D eigenvalue weighted by molar-refractivity contribution is 5.84. The van der Waals surface area contributed by atoms with Gasteiger partial charge in [0.2, 0.25) is 0 Å². The van der Waals surface area contributed by atoms with Gasteiger partial charge in [-0.15, -0.1) is 5.10 Å². The SMILES string of the molecule is CCOC(=O)c1n[nH]c(C2C3C4CCC(C4)C23)n1. The third-order valence-electron chi connectivity index (χ3n) is 5.01. The van der Waals surface area contributed by atoms with Gasteiger partial charge in [-0.3, -0.25) is 5.10 Å². The van der Waals surface area contributed by atoms with Crippen LogP contribution in [0.15, 0.2) is 0 Å². The van der Waals surface area contributed by atoms with Gasteiger partial charge < -0.3 is 4.74 Å². The van der Waals surface area contributed by atoms with Gasteiger partial charge in [0.05, 0.1) is 6.61 Å². The van der Waals surface area contributed by atoms with Gasteiger partial charge in [0.15, 0.2) is 0 Å². The second-order valence-corrected chi connectivity index (χ2v) is 5.78. The minimum Gasteiger partial charge on any atom is -0.460 e. The first-order valence-corrected chi connectivity index (χ1v) is 6.89. The molecule has 1 heterocycles. The number of esters is 1. The fourth-order valence-electron chi connectivity index (χ4n) is 4.40. The summed E-state index contributed by atoms with van der Waals surface area (Å²) in [6.07, 6.45) is 4.20. The van der Waals surface area contributed by atoms with Crippen molar-refractivity contribution < 1.29 is 9.53 Å². The predicted molar refractivity (Wildman–Crippen MR) is 62.9 cm³/mol. The third kappa shape index (κ3) is 1.30. The van der Waals surface area contributed by atoms with E-state index in [-0.39, 0.29) is 5.82 Å². The summed E-state index contributed by atoms with van der Waals surface area (Å²) >= 11 is 0. The van der Waals surface area contributed by atoms with Crippen LogP contribution in [0.1, 0.15) is 48.5 Å². The van der Waals surface area contributed by atoms with E-state index in [0.717, 1.165) is 29.5 Å². The lowest BCUT2D eigenvalue weighted by Crippen LogP contribution is -2.07. The number of carbonyl (C=O) groups excluding carboxylic acids is 1. The first kappa shape index (κ1) is 10.5. The molecule has 1 aromatic rings. The zero-order valence-electron chi connectivity index (χ0n) is 10.4. The van der Waals surface area contributed by atoms with Gasteiger partial charge in [0.25, 0.3) is 5.82 Å². The molecule has 3 saturated carbocycles. The second-order valence-electron chi connectivity index (χ2n) is 5.78. The number of ether oxygens (including phenoxy) is 1. The van der Waals surface area contributed by atoms with Crippen LogP contribution in [-0.2, 0) is 4.74 Å². The molecule has 4 unspecified atom stereocenters. The third-order valence-corrected chi connectivity index (χ3v) is 5.01. The maximum Gasteiger partial charge on any atom is 0.378 e. The topological polar surface area (TPSA) is 67.9 Å². The van der Waals surface area contributed by atoms with E-state index in [2.05, 4.69) is 15.2 Å². The van der Waals surface area contributed by atoms with Gasteiger partial charge in [-0.25, -0.2) is 9.78 Å². The van der Waals surface area contributed by atoms with Crippen molar-refractivity contribution in [3.05, 3.63) is 11.6 Å². The van der Waals surface area contributed by atoms with Gasteiger partial charge in [0, 0.05) is 5.92 Å². The molecule has 3 fully saturated rings. The fourth-order valence-corrected chi connectivity index (χ4v) is 4.40. The Hall–Kier alpha value is -1.39. The molecule has 0 spiro atoms. The van der Waals surface area contributed by atoms with E-state index >= 15 is 0 Å². The van der Waals surface area contributed by atoms with Crippen LogP contribution in [0.2, 0.25) is 0 Å². The summed E-state index contributed by atoms with van der Waals surface area (Å²) in [7, 11) is 0. The number of hydrogen-bond acceptors (Lipinski definition) is 4. The molecule has 5 heteroatoms. The molecular weight excluding hydrogens is 230 g/mol. The molecule has 4 rings (SSSR count). The van der Waals surface area contributed by atoms with Gasteiger partial charge >= 0.3 is 5.97 Å². The molecule has 3 aliphatic carbocycles. The molecule has 5 nitrogen and oxygen atoms in total. The molecular formula is C13H17N3O2. The standard InChI is InChI=1S/C13H17N3O2/c1-2-18-13(17)12-14-11(15-16-12)10-8-6-3-4-7(5-6)9(8)10/h6-10H,2-5H2,1H3,(H,14,15,16). The Balaban J connectivity index is 1.52. The molecule has 0 saturated heterocycles. The zero-order chi connectivity index (χ0) is 12.3. The Kier molecular flexibility index (Phi) is 2.08. The van der Waals surface area contributed by atoms with Crippen LogP contribution in [0.25, 0.3) is 0 Å². The van der Waals surface area contributed by atoms with E-state index in [0.29, 0.717) is 12.5 Å². The predicted octanol–water partition coefficient (Wildman–Crippen LogP) is 1.74. The lowest BCUT2D eigenvalue weighted by Gasteiger charge is -2.04. The van der Waals surface area contributed by atoms with E-state index < -0.39 is 5.97 Å². The van der Waals surface area contributed by atoms with Gasteiger partial charge in [0.1, 0.15) is 5.82 Å². The molecule has 4 atom stereocenters. The smallest absolute Gasteiger partial charge is 0.378 e. The van der Waals surface area contributed by atoms with Gasteiger partial charge in [-0.2, -0.15) is 0 Å². The molecule has 2 bridgehead atoms. The van der Waals surface area contributed by atoms with Crippen LogP contribution in [0.4, 0.5) is 0 Å². The molecule has 0 radical (unpaired) electrons. The number of nitrogens with zero attached hydrogens (tertiary/aromatic N) is 2. The Morgan fingerprint density at radius 3 is 2.78 bits per heavy atom. The second kappa shape index (κ2) is 3.56. The number of carbonyl (C=O) groups is 1. The Labute approximate surface area is 105 Å². The minimum atomic E-state index is -0.422. The lowest BCUT2D eigenvalue weighted by atomic mass is 10.0. The first-order valence-electron chi connectivity index (χ1n) is 6.89. The lowest BCUT2D eigenvalue weighted by molar-refractivity contribution is 0.0512. The van der Waals surface area contributed by atoms with Crippen LogP contribution in [-0.4, -0.2) is 27.8 Å². The summed E-state index contributed by atoms with van der Waals surface area (Å²) in [5.41, 5.74) is 0. The van der Waals surface area contributed by atoms with E-state index in [1.54, 1.807) is 6.92 Å². The van der Waals surface area contributed by atoms with E-state index in [9.17, 15) is 4.79 Å². The van der Waals surface area contributed by atoms with Gasteiger partial charge in [-0.05, 0) is 49.9 Å². The average molecular weight is 247 g/mol. The molecule has 96 valence electrons. The van der Waals surface area contributed by atoms with Crippen molar-refractivity contribution in [3.8, 4) is 0 Å². The zero-order valence-corrected chi connectivity index (χ0v) is 10.4. The van der Waals surface area contributed by atoms with Crippen LogP contribution >= 0.6 is 0 Å². The number of fused-ring (bicyclic) bond motifs is 5. The summed E-state index contributed by atoms with van der Waals surface area (Å²) < 4.78 is 4.91. The molecule has 1 aromatic heterocycles. The van der Waals surface area contributed by atoms with Crippen LogP contribution in [0.5, 0.6) is 0 Å². The number of rotatable bonds is 3. The average Bonchev–Trinajstić information content (AvgIpc) is 2.80. The maximum absolute atomic E-state index is 11.5. The highest BCUT2D eigenvalue weighted by atomic mass is 16.5. The highest BCUT2D eigenvalue weighted by Crippen LogP contribution is 2.72. The Morgan fingerprint density at radius 2 is 2.11 bits per heavy atom. The molecule has 3 aliphatic rings. The van der Waals surface area contributed by atoms with Crippen molar-refractivity contribution in [2.24, 2.45) is 23.7 Å². The minimum absolute atomic E-state index is 0.184. The van der Waals surface area contributed by atoms with Crippen molar-refractivity contribution in [1.82, 2.24) is 15.2 Å². The summed E-state index contributed by atoms with van der Waals surface area (Å²) in [6, 6.07) is 0. The maximum atomic E-state index is 11.5. The summed E-state index contributed by atoms with van der Waals surface area (Å²) in [5, 5.41) is 6.93. The first-order chi connectivity index (χ1) is 8.79. The quantitative estimate of drug-likeness (QED) is 0.826. The van der Waals surface area contributed by atoms with E-state index in [4.69, 9.17) is 4.74 Å². The monoisotopic (exact) mass is 247 g/mol. The van der Waals surface area contributed by atoms with Crippen LogP contribution in [0.3, 0.4) is 0 Å². The number of hydrogen-bond donors (Lipinski definition) is 1. The number of H-pyrrole nitrogens is 1. The van der Waals surface area contributed by atoms with E-state index in [1.165, 1.54) is 19.3 Å². The van der Waals surface area contributed by atoms with Gasteiger partial charge in [-0.1, -0.05) is 0 Å². The molecule has 0 aliphatic heterocycles. The number of nitrogens with one attached hydrogen (secondary N) is 1. The number of aromatic nitrogens is 3. The van der Waals surface area contributed by atoms with Crippen molar-refractivity contribution in [2.75, 3.05) is 6.61 Å². The molecule has 0 amide bonds. The van der Waals surface area contributed by atoms with Crippen LogP contribution in [0, 0.1) is 23.7 Å². The summed E-state index contributed by atoms with van der Waals surface area (Å²) in [4.78, 5) is 15.9. The summed E-state index contributed by atoms with van der Waals surface area (Å²) in [5.74, 6) is 4.63. The van der Waals surface area contributed by atoms with Crippen molar-refractivity contribution >= 4 is 5.97 Å². The van der Waals surface area contributed by atoms with Crippen molar-refractivity contribution in [2.45, 2.75) is 32.1 Å². The van der Waals surface area contributed by atoms with Crippen LogP contribution < -0.4 is 0 Å². The molecule has 0 aromatic carbocycles. The Morgan fingerprint density at radius 1 is 1.39 bits per heavy atom. The molecule has 18 heavy (non-hydrogen) atoms. The highest BCUT2D eigenvalue weighted by Gasteiger charge is 2.66. The normalized spacial score (nSPS) is 39.7. The Bertz CT molecular complexity index is 482. The van der Waals surface area contributed by atoms with E-state index in [1.807, 2.05) is 0 Å². The molecule has 1 N–H and O–H groups in total.